The first-order valence-electron chi connectivity index (χ1n) is 9.71. The topological polar surface area (TPSA) is 30.3 Å². The first-order chi connectivity index (χ1) is 13.1. The Balaban J connectivity index is 1.55. The van der Waals surface area contributed by atoms with E-state index in [2.05, 4.69) is 40.7 Å². The van der Waals surface area contributed by atoms with E-state index in [0.717, 1.165) is 47.3 Å². The number of aryl methyl sites for hydroxylation is 1. The largest absolute Gasteiger partial charge is 0.492 e. The Labute approximate surface area is 165 Å². The number of para-hydroxylation sites is 2. The summed E-state index contributed by atoms with van der Waals surface area (Å²) in [6.07, 6.45) is 2.56. The van der Waals surface area contributed by atoms with Gasteiger partial charge in [0.05, 0.1) is 23.6 Å². The Kier molecular flexibility index (Phi) is 5.37. The Morgan fingerprint density at radius 3 is 2.70 bits per heavy atom. The van der Waals surface area contributed by atoms with Gasteiger partial charge in [-0.05, 0) is 75.7 Å². The zero-order valence-corrected chi connectivity index (χ0v) is 16.7. The molecular weight excluding hydrogens is 358 g/mol. The lowest BCUT2D eigenvalue weighted by molar-refractivity contribution is 0.241. The van der Waals surface area contributed by atoms with Crippen LogP contribution < -0.4 is 4.74 Å². The van der Waals surface area contributed by atoms with Gasteiger partial charge in [-0.3, -0.25) is 4.90 Å². The minimum atomic E-state index is 0.317. The highest BCUT2D eigenvalue weighted by Crippen LogP contribution is 2.27. The maximum absolute atomic E-state index is 6.11. The summed E-state index contributed by atoms with van der Waals surface area (Å²) in [7, 11) is 0. The van der Waals surface area contributed by atoms with Crippen molar-refractivity contribution in [1.29, 1.82) is 0 Å². The van der Waals surface area contributed by atoms with Crippen molar-refractivity contribution in [3.05, 3.63) is 58.9 Å². The highest BCUT2D eigenvalue weighted by Gasteiger charge is 2.24. The fourth-order valence-corrected chi connectivity index (χ4v) is 4.02. The third-order valence-corrected chi connectivity index (χ3v) is 5.88. The molecule has 0 N–H and O–H groups in total. The molecule has 0 amide bonds. The maximum Gasteiger partial charge on any atom is 0.127 e. The quantitative estimate of drug-likeness (QED) is 0.583. The van der Waals surface area contributed by atoms with Gasteiger partial charge in [0.25, 0.3) is 0 Å². The van der Waals surface area contributed by atoms with Crippen LogP contribution in [0.2, 0.25) is 5.02 Å². The molecule has 1 saturated heterocycles. The van der Waals surface area contributed by atoms with Crippen molar-refractivity contribution in [2.45, 2.75) is 39.3 Å². The van der Waals surface area contributed by atoms with Gasteiger partial charge in [0.15, 0.2) is 0 Å². The molecule has 0 bridgehead atoms. The molecule has 4 nitrogen and oxygen atoms in total. The molecule has 1 fully saturated rings. The lowest BCUT2D eigenvalue weighted by Gasteiger charge is -2.24. The summed E-state index contributed by atoms with van der Waals surface area (Å²) in [5, 5.41) is 0.768. The molecule has 2 heterocycles. The van der Waals surface area contributed by atoms with Crippen molar-refractivity contribution in [2.24, 2.45) is 0 Å². The van der Waals surface area contributed by atoms with Gasteiger partial charge in [0, 0.05) is 5.02 Å². The fourth-order valence-electron chi connectivity index (χ4n) is 3.90. The number of fused-ring (bicyclic) bond motifs is 1. The number of benzene rings is 2. The monoisotopic (exact) mass is 383 g/mol. The van der Waals surface area contributed by atoms with E-state index in [1.165, 1.54) is 18.4 Å². The second-order valence-electron chi connectivity index (χ2n) is 7.29. The van der Waals surface area contributed by atoms with Gasteiger partial charge >= 0.3 is 0 Å². The number of likely N-dealkylation sites (tertiary alicyclic amines) is 1. The second kappa shape index (κ2) is 7.91. The number of ether oxygens (including phenoxy) is 1. The minimum absolute atomic E-state index is 0.317. The number of rotatable bonds is 6. The number of nitrogens with zero attached hydrogens (tertiary/aromatic N) is 3. The highest BCUT2D eigenvalue weighted by atomic mass is 35.5. The molecule has 1 aromatic heterocycles. The molecule has 0 aliphatic carbocycles. The van der Waals surface area contributed by atoms with E-state index in [0.29, 0.717) is 12.6 Å². The standard InChI is InChI=1S/C22H26ClN3O/c1-16-15-18(9-10-19(16)23)27-14-13-26-21-8-4-3-7-20(21)24-22(26)17(2)25-11-5-6-12-25/h3-4,7-10,15,17H,5-6,11-14H2,1-2H3. The van der Waals surface area contributed by atoms with Crippen LogP contribution in [0, 0.1) is 6.92 Å². The van der Waals surface area contributed by atoms with E-state index in [1.54, 1.807) is 0 Å². The molecule has 1 unspecified atom stereocenters. The van der Waals surface area contributed by atoms with E-state index >= 15 is 0 Å². The predicted octanol–water partition coefficient (Wildman–Crippen LogP) is 5.23. The Morgan fingerprint density at radius 1 is 1.15 bits per heavy atom. The van der Waals surface area contributed by atoms with Crippen molar-refractivity contribution in [3.8, 4) is 5.75 Å². The van der Waals surface area contributed by atoms with Crippen LogP contribution in [0.15, 0.2) is 42.5 Å². The Hall–Kier alpha value is -2.04. The van der Waals surface area contributed by atoms with Crippen LogP contribution in [0.25, 0.3) is 11.0 Å². The molecule has 2 aromatic carbocycles. The predicted molar refractivity (Wildman–Crippen MR) is 111 cm³/mol. The van der Waals surface area contributed by atoms with Crippen molar-refractivity contribution in [1.82, 2.24) is 14.5 Å². The lowest BCUT2D eigenvalue weighted by Crippen LogP contribution is -2.26. The van der Waals surface area contributed by atoms with E-state index in [-0.39, 0.29) is 0 Å². The van der Waals surface area contributed by atoms with Gasteiger partial charge in [-0.25, -0.2) is 4.98 Å². The number of hydrogen-bond donors (Lipinski definition) is 0. The van der Waals surface area contributed by atoms with Crippen LogP contribution in [0.5, 0.6) is 5.75 Å². The summed E-state index contributed by atoms with van der Waals surface area (Å²) >= 11 is 6.11. The van der Waals surface area contributed by atoms with Gasteiger partial charge in [-0.15, -0.1) is 0 Å². The molecular formula is C22H26ClN3O. The van der Waals surface area contributed by atoms with Gasteiger partial charge < -0.3 is 9.30 Å². The smallest absolute Gasteiger partial charge is 0.127 e. The molecule has 27 heavy (non-hydrogen) atoms. The lowest BCUT2D eigenvalue weighted by atomic mass is 10.2. The van der Waals surface area contributed by atoms with Crippen LogP contribution in [-0.2, 0) is 6.54 Å². The van der Waals surface area contributed by atoms with E-state index in [4.69, 9.17) is 21.3 Å². The molecule has 142 valence electrons. The number of aromatic nitrogens is 2. The normalized spacial score (nSPS) is 16.1. The fraction of sp³-hybridized carbons (Fsp3) is 0.409. The molecule has 0 spiro atoms. The zero-order valence-electron chi connectivity index (χ0n) is 16.0. The highest BCUT2D eigenvalue weighted by molar-refractivity contribution is 6.31. The average molecular weight is 384 g/mol. The summed E-state index contributed by atoms with van der Waals surface area (Å²) in [6.45, 7) is 7.95. The van der Waals surface area contributed by atoms with Gasteiger partial charge in [-0.2, -0.15) is 0 Å². The molecule has 3 aromatic rings. The zero-order chi connectivity index (χ0) is 18.8. The SMILES string of the molecule is Cc1cc(OCCn2c(C(C)N3CCCC3)nc3ccccc32)ccc1Cl. The van der Waals surface area contributed by atoms with Gasteiger partial charge in [0.1, 0.15) is 18.2 Å². The first kappa shape index (κ1) is 18.3. The summed E-state index contributed by atoms with van der Waals surface area (Å²) in [5.74, 6) is 1.99. The summed E-state index contributed by atoms with van der Waals surface area (Å²) < 4.78 is 8.32. The molecule has 5 heteroatoms. The molecule has 4 rings (SSSR count). The third kappa shape index (κ3) is 3.83. The Bertz CT molecular complexity index is 930. The first-order valence-corrected chi connectivity index (χ1v) is 10.1. The summed E-state index contributed by atoms with van der Waals surface area (Å²) in [4.78, 5) is 7.49. The van der Waals surface area contributed by atoms with Gasteiger partial charge in [-0.1, -0.05) is 23.7 Å². The van der Waals surface area contributed by atoms with E-state index in [1.807, 2.05) is 25.1 Å². The number of hydrogen-bond acceptors (Lipinski definition) is 3. The van der Waals surface area contributed by atoms with Crippen molar-refractivity contribution < 1.29 is 4.74 Å². The molecule has 1 atom stereocenters. The van der Waals surface area contributed by atoms with E-state index in [9.17, 15) is 0 Å². The number of imidazole rings is 1. The molecule has 0 saturated carbocycles. The van der Waals surface area contributed by atoms with Gasteiger partial charge in [0.2, 0.25) is 0 Å². The van der Waals surface area contributed by atoms with Crippen LogP contribution in [0.3, 0.4) is 0 Å². The van der Waals surface area contributed by atoms with E-state index < -0.39 is 0 Å². The molecule has 1 aliphatic heterocycles. The van der Waals surface area contributed by atoms with Crippen molar-refractivity contribution >= 4 is 22.6 Å². The van der Waals surface area contributed by atoms with Crippen LogP contribution in [0.4, 0.5) is 0 Å². The minimum Gasteiger partial charge on any atom is -0.492 e. The van der Waals surface area contributed by atoms with Crippen molar-refractivity contribution in [3.63, 3.8) is 0 Å². The van der Waals surface area contributed by atoms with Crippen LogP contribution >= 0.6 is 11.6 Å². The molecule has 1 aliphatic rings. The molecule has 0 radical (unpaired) electrons. The Morgan fingerprint density at radius 2 is 1.93 bits per heavy atom. The van der Waals surface area contributed by atoms with Crippen LogP contribution in [0.1, 0.15) is 37.2 Å². The van der Waals surface area contributed by atoms with Crippen LogP contribution in [-0.4, -0.2) is 34.1 Å². The summed E-state index contributed by atoms with van der Waals surface area (Å²) in [5.41, 5.74) is 3.26. The third-order valence-electron chi connectivity index (χ3n) is 5.46. The average Bonchev–Trinajstić information content (AvgIpc) is 3.33. The van der Waals surface area contributed by atoms with Crippen molar-refractivity contribution in [2.75, 3.05) is 19.7 Å². The summed E-state index contributed by atoms with van der Waals surface area (Å²) in [6, 6.07) is 14.5. The second-order valence-corrected chi connectivity index (χ2v) is 7.70. The number of halogens is 1. The maximum atomic E-state index is 6.11.